The van der Waals surface area contributed by atoms with Gasteiger partial charge in [0.2, 0.25) is 10.0 Å². The van der Waals surface area contributed by atoms with Crippen molar-refractivity contribution in [3.05, 3.63) is 74.3 Å². The van der Waals surface area contributed by atoms with Crippen molar-refractivity contribution in [2.45, 2.75) is 11.4 Å². The van der Waals surface area contributed by atoms with Crippen LogP contribution < -0.4 is 4.72 Å². The number of nitro benzene ring substituents is 2. The predicted octanol–water partition coefficient (Wildman–Crippen LogP) is 1.98. The van der Waals surface area contributed by atoms with Gasteiger partial charge in [-0.25, -0.2) is 13.1 Å². The summed E-state index contributed by atoms with van der Waals surface area (Å²) in [6.07, 6.45) is 0. The molecule has 0 heterocycles. The van der Waals surface area contributed by atoms with Crippen molar-refractivity contribution in [1.29, 1.82) is 0 Å². The third kappa shape index (κ3) is 3.67. The van der Waals surface area contributed by atoms with Crippen LogP contribution in [0.3, 0.4) is 0 Å². The van der Waals surface area contributed by atoms with Crippen LogP contribution in [0, 0.1) is 20.2 Å². The molecule has 0 unspecified atom stereocenters. The van der Waals surface area contributed by atoms with Gasteiger partial charge < -0.3 is 0 Å². The number of hydrogen-bond donors (Lipinski definition) is 1. The van der Waals surface area contributed by atoms with Gasteiger partial charge in [0.05, 0.1) is 9.85 Å². The van der Waals surface area contributed by atoms with Gasteiger partial charge in [0, 0.05) is 24.2 Å². The molecule has 0 spiro atoms. The Bertz CT molecular complexity index is 866. The first-order valence-electron chi connectivity index (χ1n) is 6.28. The maximum absolute atomic E-state index is 12.2. The minimum absolute atomic E-state index is 0.152. The molecule has 0 saturated carbocycles. The van der Waals surface area contributed by atoms with Crippen molar-refractivity contribution in [3.63, 3.8) is 0 Å². The fourth-order valence-corrected chi connectivity index (χ4v) is 3.10. The van der Waals surface area contributed by atoms with E-state index in [9.17, 15) is 28.6 Å². The van der Waals surface area contributed by atoms with Crippen LogP contribution in [0.5, 0.6) is 0 Å². The summed E-state index contributed by atoms with van der Waals surface area (Å²) in [5.41, 5.74) is -0.653. The molecular weight excluding hydrogens is 326 g/mol. The second kappa shape index (κ2) is 6.50. The fraction of sp³-hybridized carbons (Fsp3) is 0.0769. The van der Waals surface area contributed by atoms with E-state index in [4.69, 9.17) is 0 Å². The summed E-state index contributed by atoms with van der Waals surface area (Å²) in [6.45, 7) is -0.356. The predicted molar refractivity (Wildman–Crippen MR) is 80.2 cm³/mol. The number of nitrogens with one attached hydrogen (secondary N) is 1. The highest BCUT2D eigenvalue weighted by Gasteiger charge is 2.25. The van der Waals surface area contributed by atoms with Crippen molar-refractivity contribution in [3.8, 4) is 0 Å². The molecule has 0 aliphatic rings. The number of rotatable bonds is 6. The van der Waals surface area contributed by atoms with Gasteiger partial charge in [-0.1, -0.05) is 30.3 Å². The van der Waals surface area contributed by atoms with Crippen molar-refractivity contribution < 1.29 is 18.3 Å². The van der Waals surface area contributed by atoms with Crippen LogP contribution in [0.1, 0.15) is 5.56 Å². The van der Waals surface area contributed by atoms with Crippen molar-refractivity contribution in [2.24, 2.45) is 0 Å². The molecule has 2 aromatic carbocycles. The third-order valence-corrected chi connectivity index (χ3v) is 4.44. The van der Waals surface area contributed by atoms with Gasteiger partial charge in [-0.15, -0.1) is 0 Å². The number of hydrogen-bond acceptors (Lipinski definition) is 6. The van der Waals surface area contributed by atoms with Gasteiger partial charge in [-0.2, -0.15) is 0 Å². The summed E-state index contributed by atoms with van der Waals surface area (Å²) in [6, 6.07) is 10.5. The zero-order valence-electron chi connectivity index (χ0n) is 11.6. The molecule has 9 nitrogen and oxygen atoms in total. The molecule has 0 saturated heterocycles. The Balaban J connectivity index is 2.31. The fourth-order valence-electron chi connectivity index (χ4n) is 1.92. The van der Waals surface area contributed by atoms with E-state index in [0.29, 0.717) is 0 Å². The lowest BCUT2D eigenvalue weighted by molar-refractivity contribution is -0.387. The quantitative estimate of drug-likeness (QED) is 0.633. The van der Waals surface area contributed by atoms with Crippen LogP contribution in [-0.2, 0) is 16.6 Å². The first-order chi connectivity index (χ1) is 10.8. The molecule has 0 bridgehead atoms. The minimum Gasteiger partial charge on any atom is -0.258 e. The Hall–Kier alpha value is -2.85. The van der Waals surface area contributed by atoms with Crippen LogP contribution in [-0.4, -0.2) is 18.3 Å². The SMILES string of the molecule is O=[N+]([O-])c1ccccc1CNS(=O)(=O)c1ccccc1[N+](=O)[O-]. The number of para-hydroxylation sites is 2. The highest BCUT2D eigenvalue weighted by molar-refractivity contribution is 7.89. The average Bonchev–Trinajstić information content (AvgIpc) is 2.53. The van der Waals surface area contributed by atoms with Gasteiger partial charge in [0.25, 0.3) is 11.4 Å². The van der Waals surface area contributed by atoms with Gasteiger partial charge in [0.15, 0.2) is 4.90 Å². The summed E-state index contributed by atoms with van der Waals surface area (Å²) in [7, 11) is -4.19. The van der Waals surface area contributed by atoms with E-state index in [2.05, 4.69) is 4.72 Å². The van der Waals surface area contributed by atoms with Crippen LogP contribution in [0.25, 0.3) is 0 Å². The molecule has 23 heavy (non-hydrogen) atoms. The Labute approximate surface area is 130 Å². The van der Waals surface area contributed by atoms with Crippen LogP contribution >= 0.6 is 0 Å². The number of nitro groups is 2. The largest absolute Gasteiger partial charge is 0.289 e. The normalized spacial score (nSPS) is 11.1. The molecule has 0 aliphatic carbocycles. The smallest absolute Gasteiger partial charge is 0.258 e. The van der Waals surface area contributed by atoms with Crippen molar-refractivity contribution in [1.82, 2.24) is 4.72 Å². The second-order valence-electron chi connectivity index (χ2n) is 4.44. The lowest BCUT2D eigenvalue weighted by Crippen LogP contribution is -2.24. The Morgan fingerprint density at radius 3 is 2.00 bits per heavy atom. The van der Waals surface area contributed by atoms with E-state index in [-0.39, 0.29) is 17.8 Å². The first-order valence-corrected chi connectivity index (χ1v) is 7.76. The molecule has 0 fully saturated rings. The van der Waals surface area contributed by atoms with Crippen LogP contribution in [0.15, 0.2) is 53.4 Å². The van der Waals surface area contributed by atoms with E-state index in [0.717, 1.165) is 12.1 Å². The highest BCUT2D eigenvalue weighted by atomic mass is 32.2. The van der Waals surface area contributed by atoms with Gasteiger partial charge in [0.1, 0.15) is 0 Å². The Morgan fingerprint density at radius 2 is 1.39 bits per heavy atom. The second-order valence-corrected chi connectivity index (χ2v) is 6.17. The van der Waals surface area contributed by atoms with E-state index in [1.54, 1.807) is 0 Å². The van der Waals surface area contributed by atoms with E-state index in [1.807, 2.05) is 0 Å². The van der Waals surface area contributed by atoms with Gasteiger partial charge in [-0.3, -0.25) is 20.2 Å². The molecule has 0 atom stereocenters. The Morgan fingerprint density at radius 1 is 0.870 bits per heavy atom. The zero-order chi connectivity index (χ0) is 17.0. The molecule has 0 aromatic heterocycles. The molecule has 0 radical (unpaired) electrons. The summed E-state index contributed by atoms with van der Waals surface area (Å²) in [5.74, 6) is 0. The van der Waals surface area contributed by atoms with Crippen molar-refractivity contribution in [2.75, 3.05) is 0 Å². The first kappa shape index (κ1) is 16.5. The minimum atomic E-state index is -4.19. The molecule has 2 rings (SSSR count). The molecule has 0 aliphatic heterocycles. The zero-order valence-corrected chi connectivity index (χ0v) is 12.4. The lowest BCUT2D eigenvalue weighted by atomic mass is 10.2. The molecule has 120 valence electrons. The van der Waals surface area contributed by atoms with E-state index >= 15 is 0 Å². The third-order valence-electron chi connectivity index (χ3n) is 2.99. The maximum Gasteiger partial charge on any atom is 0.289 e. The van der Waals surface area contributed by atoms with Crippen molar-refractivity contribution >= 4 is 21.4 Å². The number of sulfonamides is 1. The molecule has 10 heteroatoms. The van der Waals surface area contributed by atoms with E-state index < -0.39 is 30.5 Å². The highest BCUT2D eigenvalue weighted by Crippen LogP contribution is 2.24. The Kier molecular flexibility index (Phi) is 4.67. The standard InChI is InChI=1S/C13H11N3O6S/c17-15(18)11-6-2-1-5-10(11)9-14-23(21,22)13-8-4-3-7-12(13)16(19)20/h1-8,14H,9H2. The molecule has 1 N–H and O–H groups in total. The van der Waals surface area contributed by atoms with E-state index in [1.165, 1.54) is 36.4 Å². The van der Waals surface area contributed by atoms with Gasteiger partial charge >= 0.3 is 0 Å². The summed E-state index contributed by atoms with van der Waals surface area (Å²) in [5, 5.41) is 21.8. The summed E-state index contributed by atoms with van der Waals surface area (Å²) < 4.78 is 26.6. The topological polar surface area (TPSA) is 132 Å². The lowest BCUT2D eigenvalue weighted by Gasteiger charge is -2.07. The summed E-state index contributed by atoms with van der Waals surface area (Å²) in [4.78, 5) is 19.9. The summed E-state index contributed by atoms with van der Waals surface area (Å²) >= 11 is 0. The molecular formula is C13H11N3O6S. The number of nitrogens with zero attached hydrogens (tertiary/aromatic N) is 2. The number of benzene rings is 2. The maximum atomic E-state index is 12.2. The molecule has 2 aromatic rings. The monoisotopic (exact) mass is 337 g/mol. The molecule has 0 amide bonds. The van der Waals surface area contributed by atoms with Crippen LogP contribution in [0.4, 0.5) is 11.4 Å². The van der Waals surface area contributed by atoms with Crippen LogP contribution in [0.2, 0.25) is 0 Å². The van der Waals surface area contributed by atoms with Gasteiger partial charge in [-0.05, 0) is 6.07 Å². The average molecular weight is 337 g/mol.